The molecule has 0 aromatic heterocycles. The van der Waals surface area contributed by atoms with Gasteiger partial charge in [-0.2, -0.15) is 0 Å². The van der Waals surface area contributed by atoms with Crippen LogP contribution in [0.5, 0.6) is 0 Å². The molecule has 2 heterocycles. The Hall–Kier alpha value is -0.703. The second-order valence-corrected chi connectivity index (χ2v) is 12.9. The molecule has 1 unspecified atom stereocenters. The molecule has 0 saturated carbocycles. The third-order valence-corrected chi connectivity index (χ3v) is 11.9. The average molecular weight is 362 g/mol. The van der Waals surface area contributed by atoms with Crippen molar-refractivity contribution in [3.63, 3.8) is 0 Å². The number of hydrogen-bond acceptors (Lipinski definition) is 2. The van der Waals surface area contributed by atoms with E-state index in [9.17, 15) is 0 Å². The molecule has 2 saturated heterocycles. The number of benzene rings is 2. The van der Waals surface area contributed by atoms with Crippen LogP contribution in [0.2, 0.25) is 12.6 Å². The van der Waals surface area contributed by atoms with Crippen LogP contribution >= 0.6 is 18.9 Å². The minimum Gasteiger partial charge on any atom is -0.327 e. The summed E-state index contributed by atoms with van der Waals surface area (Å²) in [6, 6.07) is 23.6. The molecule has 2 aliphatic rings. The molecule has 2 aromatic carbocycles. The van der Waals surface area contributed by atoms with Gasteiger partial charge in [-0.05, 0) is 23.7 Å². The first-order valence-electron chi connectivity index (χ1n) is 8.19. The Morgan fingerprint density at radius 1 is 1.09 bits per heavy atom. The fourth-order valence-corrected chi connectivity index (χ4v) is 9.96. The Balaban J connectivity index is 1.69. The lowest BCUT2D eigenvalue weighted by molar-refractivity contribution is 0.148. The molecule has 2 nitrogen and oxygen atoms in total. The summed E-state index contributed by atoms with van der Waals surface area (Å²) in [5, 5.41) is 2.96. The zero-order chi connectivity index (χ0) is 15.9. The average Bonchev–Trinajstić information content (AvgIpc) is 2.75. The molecule has 0 aliphatic carbocycles. The standard InChI is InChI=1S/C18H21ClNOPSi/c1-23(15-8-4-2-5-9-15,16-10-6-3-7-11-16)14-18-17-12-13-20(17)22(19)21-18/h2-11,17-18H,12-14H2,1H3/t17-,18+,22?/m0/s1. The van der Waals surface area contributed by atoms with Gasteiger partial charge in [0.1, 0.15) is 8.07 Å². The van der Waals surface area contributed by atoms with E-state index < -0.39 is 15.7 Å². The molecule has 0 radical (unpaired) electrons. The molecule has 0 spiro atoms. The van der Waals surface area contributed by atoms with Gasteiger partial charge in [-0.25, -0.2) is 4.67 Å². The maximum absolute atomic E-state index is 6.41. The summed E-state index contributed by atoms with van der Waals surface area (Å²) in [5.41, 5.74) is 0. The fraction of sp³-hybridized carbons (Fsp3) is 0.333. The number of hydrogen-bond donors (Lipinski definition) is 0. The van der Waals surface area contributed by atoms with Gasteiger partial charge in [0.05, 0.1) is 6.10 Å². The third kappa shape index (κ3) is 2.79. The van der Waals surface area contributed by atoms with Crippen LogP contribution in [0.15, 0.2) is 60.7 Å². The normalized spacial score (nSPS) is 27.5. The summed E-state index contributed by atoms with van der Waals surface area (Å²) in [6.07, 6.45) is 1.51. The summed E-state index contributed by atoms with van der Waals surface area (Å²) in [6.45, 7) is 3.57. The fourth-order valence-electron chi connectivity index (χ4n) is 3.80. The number of rotatable bonds is 4. The van der Waals surface area contributed by atoms with Gasteiger partial charge >= 0.3 is 0 Å². The number of fused-ring (bicyclic) bond motifs is 1. The van der Waals surface area contributed by atoms with Gasteiger partial charge < -0.3 is 4.52 Å². The summed E-state index contributed by atoms with van der Waals surface area (Å²) >= 11 is 6.41. The van der Waals surface area contributed by atoms with Crippen LogP contribution in [-0.4, -0.2) is 31.4 Å². The van der Waals surface area contributed by atoms with Crippen LogP contribution in [0.3, 0.4) is 0 Å². The minimum atomic E-state index is -1.83. The van der Waals surface area contributed by atoms with Gasteiger partial charge in [-0.15, -0.1) is 0 Å². The summed E-state index contributed by atoms with van der Waals surface area (Å²) in [7, 11) is -2.71. The maximum atomic E-state index is 6.41. The molecule has 0 amide bonds. The van der Waals surface area contributed by atoms with Crippen molar-refractivity contribution in [3.05, 3.63) is 60.7 Å². The lowest BCUT2D eigenvalue weighted by atomic mass is 10.0. The van der Waals surface area contributed by atoms with E-state index in [1.54, 1.807) is 0 Å². The highest BCUT2D eigenvalue weighted by atomic mass is 35.7. The van der Waals surface area contributed by atoms with E-state index in [0.29, 0.717) is 6.04 Å². The van der Waals surface area contributed by atoms with Crippen LogP contribution in [0.25, 0.3) is 0 Å². The minimum absolute atomic E-state index is 0.282. The lowest BCUT2D eigenvalue weighted by Crippen LogP contribution is -2.59. The van der Waals surface area contributed by atoms with Crippen molar-refractivity contribution in [2.75, 3.05) is 6.54 Å². The van der Waals surface area contributed by atoms with E-state index in [1.807, 2.05) is 0 Å². The molecule has 2 aromatic rings. The monoisotopic (exact) mass is 361 g/mol. The van der Waals surface area contributed by atoms with Crippen molar-refractivity contribution in [3.8, 4) is 0 Å². The SMILES string of the molecule is C[Si](C[C@H]1OP(Cl)N2CC[C@@H]12)(c1ccccc1)c1ccccc1. The van der Waals surface area contributed by atoms with E-state index in [2.05, 4.69) is 71.9 Å². The number of nitrogens with zero attached hydrogens (tertiary/aromatic N) is 1. The van der Waals surface area contributed by atoms with Crippen LogP contribution in [0, 0.1) is 0 Å². The molecule has 2 aliphatic heterocycles. The van der Waals surface area contributed by atoms with Gasteiger partial charge in [0, 0.05) is 12.6 Å². The Labute approximate surface area is 145 Å². The van der Waals surface area contributed by atoms with E-state index in [0.717, 1.165) is 12.6 Å². The predicted molar refractivity (Wildman–Crippen MR) is 101 cm³/mol. The Morgan fingerprint density at radius 2 is 1.65 bits per heavy atom. The van der Waals surface area contributed by atoms with Crippen molar-refractivity contribution in [1.29, 1.82) is 0 Å². The quantitative estimate of drug-likeness (QED) is 0.606. The van der Waals surface area contributed by atoms with Gasteiger partial charge in [-0.1, -0.05) is 77.6 Å². The smallest absolute Gasteiger partial charge is 0.207 e. The van der Waals surface area contributed by atoms with Crippen LogP contribution in [0.1, 0.15) is 6.42 Å². The molecule has 0 N–H and O–H groups in total. The topological polar surface area (TPSA) is 12.5 Å². The molecule has 4 rings (SSSR count). The van der Waals surface area contributed by atoms with E-state index in [4.69, 9.17) is 15.8 Å². The molecule has 3 atom stereocenters. The molecular formula is C18H21ClNOPSi. The van der Waals surface area contributed by atoms with E-state index >= 15 is 0 Å². The first-order valence-corrected chi connectivity index (χ1v) is 13.0. The summed E-state index contributed by atoms with van der Waals surface area (Å²) in [4.78, 5) is 0. The van der Waals surface area contributed by atoms with Gasteiger partial charge in [0.2, 0.25) is 7.65 Å². The highest BCUT2D eigenvalue weighted by molar-refractivity contribution is 7.78. The van der Waals surface area contributed by atoms with Crippen molar-refractivity contribution in [1.82, 2.24) is 4.67 Å². The molecule has 120 valence electrons. The zero-order valence-corrected chi connectivity index (χ0v) is 15.9. The van der Waals surface area contributed by atoms with E-state index in [1.165, 1.54) is 16.8 Å². The highest BCUT2D eigenvalue weighted by Crippen LogP contribution is 2.60. The maximum Gasteiger partial charge on any atom is 0.207 e. The lowest BCUT2D eigenvalue weighted by Gasteiger charge is -2.38. The number of halogens is 1. The van der Waals surface area contributed by atoms with Crippen molar-refractivity contribution >= 4 is 37.3 Å². The third-order valence-electron chi connectivity index (χ3n) is 5.32. The van der Waals surface area contributed by atoms with E-state index in [-0.39, 0.29) is 6.10 Å². The molecule has 5 heteroatoms. The van der Waals surface area contributed by atoms with Crippen molar-refractivity contribution in [2.24, 2.45) is 0 Å². The van der Waals surface area contributed by atoms with Crippen LogP contribution < -0.4 is 10.4 Å². The van der Waals surface area contributed by atoms with Crippen LogP contribution in [-0.2, 0) is 4.52 Å². The summed E-state index contributed by atoms with van der Waals surface area (Å²) in [5.74, 6) is 0. The first-order chi connectivity index (χ1) is 11.2. The van der Waals surface area contributed by atoms with Crippen molar-refractivity contribution in [2.45, 2.75) is 31.2 Å². The molecule has 0 bridgehead atoms. The Kier molecular flexibility index (Phi) is 4.33. The zero-order valence-electron chi connectivity index (χ0n) is 13.2. The Bertz CT molecular complexity index is 632. The largest absolute Gasteiger partial charge is 0.327 e. The first kappa shape index (κ1) is 15.8. The molecule has 23 heavy (non-hydrogen) atoms. The highest BCUT2D eigenvalue weighted by Gasteiger charge is 2.50. The van der Waals surface area contributed by atoms with Crippen LogP contribution in [0.4, 0.5) is 0 Å². The second kappa shape index (κ2) is 6.31. The Morgan fingerprint density at radius 3 is 2.09 bits per heavy atom. The summed E-state index contributed by atoms with van der Waals surface area (Å²) < 4.78 is 8.53. The van der Waals surface area contributed by atoms with Crippen molar-refractivity contribution < 1.29 is 4.52 Å². The van der Waals surface area contributed by atoms with Gasteiger partial charge in [0.15, 0.2) is 0 Å². The predicted octanol–water partition coefficient (Wildman–Crippen LogP) is 3.82. The second-order valence-electron chi connectivity index (χ2n) is 6.66. The van der Waals surface area contributed by atoms with Gasteiger partial charge in [-0.3, -0.25) is 0 Å². The molecular weight excluding hydrogens is 341 g/mol. The molecule has 2 fully saturated rings. The van der Waals surface area contributed by atoms with Gasteiger partial charge in [0.25, 0.3) is 0 Å².